The minimum absolute atomic E-state index is 0.272. The molecule has 1 aromatic heterocycles. The van der Waals surface area contributed by atoms with E-state index in [0.29, 0.717) is 0 Å². The fourth-order valence-corrected chi connectivity index (χ4v) is 2.04. The zero-order valence-corrected chi connectivity index (χ0v) is 8.49. The fourth-order valence-electron chi connectivity index (χ4n) is 2.04. The van der Waals surface area contributed by atoms with Gasteiger partial charge in [-0.2, -0.15) is 0 Å². The monoisotopic (exact) mass is 192 g/mol. The minimum Gasteiger partial charge on any atom is -0.481 e. The molecule has 14 heavy (non-hydrogen) atoms. The molecule has 0 atom stereocenters. The van der Waals surface area contributed by atoms with Gasteiger partial charge in [0.15, 0.2) is 0 Å². The number of rotatable bonds is 4. The summed E-state index contributed by atoms with van der Waals surface area (Å²) in [5, 5.41) is 0. The molecule has 0 amide bonds. The van der Waals surface area contributed by atoms with Crippen molar-refractivity contribution in [1.29, 1.82) is 0 Å². The summed E-state index contributed by atoms with van der Waals surface area (Å²) in [4.78, 5) is 4.22. The molecule has 0 aromatic carbocycles. The molecule has 1 fully saturated rings. The topological polar surface area (TPSA) is 48.1 Å². The Morgan fingerprint density at radius 3 is 2.93 bits per heavy atom. The Kier molecular flexibility index (Phi) is 2.42. The van der Waals surface area contributed by atoms with Crippen molar-refractivity contribution in [1.82, 2.24) is 4.98 Å². The van der Waals surface area contributed by atoms with Crippen LogP contribution in [-0.2, 0) is 5.41 Å². The zero-order valence-electron chi connectivity index (χ0n) is 8.49. The molecule has 1 aliphatic rings. The first kappa shape index (κ1) is 9.46. The Morgan fingerprint density at radius 1 is 1.57 bits per heavy atom. The van der Waals surface area contributed by atoms with E-state index in [-0.39, 0.29) is 5.41 Å². The second-order valence-electron chi connectivity index (χ2n) is 3.88. The molecule has 3 nitrogen and oxygen atoms in total. The quantitative estimate of drug-likeness (QED) is 0.785. The molecule has 0 spiro atoms. The fraction of sp³-hybridized carbons (Fsp3) is 0.545. The van der Waals surface area contributed by atoms with E-state index in [0.717, 1.165) is 18.8 Å². The van der Waals surface area contributed by atoms with E-state index < -0.39 is 0 Å². The summed E-state index contributed by atoms with van der Waals surface area (Å²) >= 11 is 0. The molecule has 0 radical (unpaired) electrons. The number of hydrogen-bond donors (Lipinski definition) is 1. The molecule has 2 rings (SSSR count). The SMILES string of the molecule is COc1ncccc1C1(CCN)CC1. The van der Waals surface area contributed by atoms with Gasteiger partial charge in [-0.1, -0.05) is 6.07 Å². The molecule has 0 unspecified atom stereocenters. The molecule has 0 aliphatic heterocycles. The average molecular weight is 192 g/mol. The normalized spacial score (nSPS) is 17.9. The van der Waals surface area contributed by atoms with Gasteiger partial charge in [0.25, 0.3) is 0 Å². The van der Waals surface area contributed by atoms with Gasteiger partial charge in [-0.25, -0.2) is 4.98 Å². The van der Waals surface area contributed by atoms with Gasteiger partial charge >= 0.3 is 0 Å². The van der Waals surface area contributed by atoms with E-state index in [1.807, 2.05) is 6.07 Å². The first-order valence-corrected chi connectivity index (χ1v) is 5.02. The number of nitrogens with two attached hydrogens (primary N) is 1. The third kappa shape index (κ3) is 1.48. The molecule has 0 bridgehead atoms. The molecular formula is C11H16N2O. The summed E-state index contributed by atoms with van der Waals surface area (Å²) in [5.41, 5.74) is 7.12. The van der Waals surface area contributed by atoms with Crippen LogP contribution in [0.1, 0.15) is 24.8 Å². The Hall–Kier alpha value is -1.09. The van der Waals surface area contributed by atoms with Crippen molar-refractivity contribution in [2.75, 3.05) is 13.7 Å². The van der Waals surface area contributed by atoms with Crippen molar-refractivity contribution in [3.8, 4) is 5.88 Å². The highest BCUT2D eigenvalue weighted by molar-refractivity contribution is 5.38. The molecular weight excluding hydrogens is 176 g/mol. The Morgan fingerprint density at radius 2 is 2.36 bits per heavy atom. The second-order valence-corrected chi connectivity index (χ2v) is 3.88. The van der Waals surface area contributed by atoms with E-state index in [9.17, 15) is 0 Å². The molecule has 1 saturated carbocycles. The highest BCUT2D eigenvalue weighted by atomic mass is 16.5. The lowest BCUT2D eigenvalue weighted by Gasteiger charge is -2.16. The van der Waals surface area contributed by atoms with Crippen molar-refractivity contribution >= 4 is 0 Å². The highest BCUT2D eigenvalue weighted by Crippen LogP contribution is 2.52. The summed E-state index contributed by atoms with van der Waals surface area (Å²) in [7, 11) is 1.67. The maximum absolute atomic E-state index is 5.62. The Labute approximate surface area is 84.3 Å². The van der Waals surface area contributed by atoms with Gasteiger partial charge in [-0.3, -0.25) is 0 Å². The van der Waals surface area contributed by atoms with Gasteiger partial charge in [-0.05, 0) is 31.9 Å². The number of hydrogen-bond acceptors (Lipinski definition) is 3. The molecule has 0 saturated heterocycles. The van der Waals surface area contributed by atoms with Crippen molar-refractivity contribution in [3.05, 3.63) is 23.9 Å². The van der Waals surface area contributed by atoms with Crippen LogP contribution < -0.4 is 10.5 Å². The molecule has 1 heterocycles. The average Bonchev–Trinajstić information content (AvgIpc) is 2.99. The largest absolute Gasteiger partial charge is 0.481 e. The maximum atomic E-state index is 5.62. The molecule has 76 valence electrons. The standard InChI is InChI=1S/C11H16N2O/c1-14-10-9(3-2-8-13-10)11(4-5-11)6-7-12/h2-3,8H,4-7,12H2,1H3. The zero-order chi connectivity index (χ0) is 10.0. The Bertz CT molecular complexity index is 321. The van der Waals surface area contributed by atoms with Crippen LogP contribution in [-0.4, -0.2) is 18.6 Å². The number of pyridine rings is 1. The van der Waals surface area contributed by atoms with Crippen LogP contribution in [0.15, 0.2) is 18.3 Å². The van der Waals surface area contributed by atoms with Crippen LogP contribution in [0, 0.1) is 0 Å². The van der Waals surface area contributed by atoms with E-state index in [1.54, 1.807) is 13.3 Å². The predicted octanol–water partition coefficient (Wildman–Crippen LogP) is 1.47. The highest BCUT2D eigenvalue weighted by Gasteiger charge is 2.45. The van der Waals surface area contributed by atoms with Crippen LogP contribution in [0.25, 0.3) is 0 Å². The van der Waals surface area contributed by atoms with E-state index in [4.69, 9.17) is 10.5 Å². The van der Waals surface area contributed by atoms with Crippen molar-refractivity contribution in [2.24, 2.45) is 5.73 Å². The third-order valence-corrected chi connectivity index (χ3v) is 3.01. The van der Waals surface area contributed by atoms with Gasteiger partial charge in [0.05, 0.1) is 7.11 Å². The Balaban J connectivity index is 2.31. The lowest BCUT2D eigenvalue weighted by atomic mass is 9.93. The van der Waals surface area contributed by atoms with Gasteiger partial charge in [-0.15, -0.1) is 0 Å². The van der Waals surface area contributed by atoms with E-state index in [1.165, 1.54) is 18.4 Å². The number of ether oxygens (including phenoxy) is 1. The molecule has 2 N–H and O–H groups in total. The van der Waals surface area contributed by atoms with Crippen LogP contribution in [0.4, 0.5) is 0 Å². The molecule has 1 aliphatic carbocycles. The van der Waals surface area contributed by atoms with E-state index in [2.05, 4.69) is 11.1 Å². The van der Waals surface area contributed by atoms with Crippen LogP contribution in [0.3, 0.4) is 0 Å². The van der Waals surface area contributed by atoms with Crippen LogP contribution in [0.2, 0.25) is 0 Å². The summed E-state index contributed by atoms with van der Waals surface area (Å²) in [6.45, 7) is 0.734. The number of aromatic nitrogens is 1. The smallest absolute Gasteiger partial charge is 0.216 e. The minimum atomic E-state index is 0.272. The molecule has 1 aromatic rings. The van der Waals surface area contributed by atoms with Gasteiger partial charge < -0.3 is 10.5 Å². The second kappa shape index (κ2) is 3.58. The van der Waals surface area contributed by atoms with Gasteiger partial charge in [0.2, 0.25) is 5.88 Å². The molecule has 3 heteroatoms. The van der Waals surface area contributed by atoms with Gasteiger partial charge in [0.1, 0.15) is 0 Å². The third-order valence-electron chi connectivity index (χ3n) is 3.01. The first-order valence-electron chi connectivity index (χ1n) is 5.02. The van der Waals surface area contributed by atoms with Crippen molar-refractivity contribution in [2.45, 2.75) is 24.7 Å². The van der Waals surface area contributed by atoms with Crippen LogP contribution in [0.5, 0.6) is 5.88 Å². The van der Waals surface area contributed by atoms with Crippen molar-refractivity contribution in [3.63, 3.8) is 0 Å². The lowest BCUT2D eigenvalue weighted by Crippen LogP contribution is -2.14. The van der Waals surface area contributed by atoms with Crippen LogP contribution >= 0.6 is 0 Å². The summed E-state index contributed by atoms with van der Waals surface area (Å²) in [5.74, 6) is 0.762. The van der Waals surface area contributed by atoms with Crippen molar-refractivity contribution < 1.29 is 4.74 Å². The summed E-state index contributed by atoms with van der Waals surface area (Å²) in [6, 6.07) is 4.07. The van der Waals surface area contributed by atoms with Gasteiger partial charge in [0, 0.05) is 17.2 Å². The summed E-state index contributed by atoms with van der Waals surface area (Å²) < 4.78 is 5.27. The maximum Gasteiger partial charge on any atom is 0.216 e. The predicted molar refractivity (Wildman–Crippen MR) is 55.4 cm³/mol. The summed E-state index contributed by atoms with van der Waals surface area (Å²) in [6.07, 6.45) is 5.23. The lowest BCUT2D eigenvalue weighted by molar-refractivity contribution is 0.385. The first-order chi connectivity index (χ1) is 6.82. The van der Waals surface area contributed by atoms with E-state index >= 15 is 0 Å². The number of nitrogens with zero attached hydrogens (tertiary/aromatic N) is 1. The number of methoxy groups -OCH3 is 1.